The molecule has 7 heteroatoms. The van der Waals surface area contributed by atoms with Crippen molar-refractivity contribution in [3.63, 3.8) is 0 Å². The van der Waals surface area contributed by atoms with E-state index in [1.54, 1.807) is 13.1 Å². The van der Waals surface area contributed by atoms with Crippen LogP contribution in [-0.2, 0) is 4.79 Å². The monoisotopic (exact) mass is 421 g/mol. The highest BCUT2D eigenvalue weighted by Gasteiger charge is 2.27. The van der Waals surface area contributed by atoms with Crippen LogP contribution in [0.5, 0.6) is 5.75 Å². The normalized spacial score (nSPS) is 16.6. The number of ketones is 1. The fraction of sp³-hybridized carbons (Fsp3) is 0.500. The largest absolute Gasteiger partial charge is 0.489 e. The average Bonchev–Trinajstić information content (AvgIpc) is 3.23. The fourth-order valence-electron chi connectivity index (χ4n) is 3.98. The van der Waals surface area contributed by atoms with Crippen molar-refractivity contribution in [2.45, 2.75) is 52.6 Å². The minimum atomic E-state index is 0.0268. The Kier molecular flexibility index (Phi) is 7.45. The zero-order valence-electron chi connectivity index (χ0n) is 18.8. The maximum absolute atomic E-state index is 11.3. The Morgan fingerprint density at radius 3 is 2.65 bits per heavy atom. The zero-order chi connectivity index (χ0) is 22.4. The van der Waals surface area contributed by atoms with Crippen molar-refractivity contribution in [2.24, 2.45) is 0 Å². The summed E-state index contributed by atoms with van der Waals surface area (Å²) in [6, 6.07) is 10.2. The van der Waals surface area contributed by atoms with Gasteiger partial charge < -0.3 is 19.3 Å². The van der Waals surface area contributed by atoms with Crippen LogP contribution in [0.3, 0.4) is 0 Å². The number of aromatic nitrogens is 2. The zero-order valence-corrected chi connectivity index (χ0v) is 18.8. The summed E-state index contributed by atoms with van der Waals surface area (Å²) in [5.74, 6) is 2.55. The summed E-state index contributed by atoms with van der Waals surface area (Å²) in [6.07, 6.45) is 3.05. The standard InChI is InChI=1S/C24H31N5O2/c1-5-28(6-2)24-26-15-20(14-25)23(27-24)29-12-11-22(16-29)31-21-9-7-19(8-10-21)17(3)13-18(4)30/h7-10,15,17,22H,5-6,11-13,16H2,1-4H3/t17-,22-/m1/s1. The summed E-state index contributed by atoms with van der Waals surface area (Å²) in [6.45, 7) is 10.9. The molecule has 0 amide bonds. The first-order valence-electron chi connectivity index (χ1n) is 11.0. The molecule has 164 valence electrons. The lowest BCUT2D eigenvalue weighted by atomic mass is 9.96. The van der Waals surface area contributed by atoms with Crippen molar-refractivity contribution in [2.75, 3.05) is 36.0 Å². The molecule has 2 atom stereocenters. The number of ether oxygens (including phenoxy) is 1. The van der Waals surface area contributed by atoms with Crippen LogP contribution in [0.1, 0.15) is 57.6 Å². The molecule has 2 heterocycles. The van der Waals surface area contributed by atoms with E-state index in [2.05, 4.69) is 41.6 Å². The Morgan fingerprint density at radius 2 is 2.03 bits per heavy atom. The van der Waals surface area contributed by atoms with Crippen LogP contribution in [0, 0.1) is 11.3 Å². The van der Waals surface area contributed by atoms with Gasteiger partial charge in [-0.2, -0.15) is 10.2 Å². The first-order chi connectivity index (χ1) is 14.9. The second-order valence-electron chi connectivity index (χ2n) is 8.04. The molecule has 7 nitrogen and oxygen atoms in total. The Hall–Kier alpha value is -3.14. The number of benzene rings is 1. The van der Waals surface area contributed by atoms with Gasteiger partial charge in [0, 0.05) is 32.5 Å². The SMILES string of the molecule is CCN(CC)c1ncc(C#N)c(N2CC[C@@H](Oc3ccc([C@H](C)CC(C)=O)cc3)C2)n1. The molecule has 1 aliphatic rings. The maximum atomic E-state index is 11.3. The Labute approximate surface area is 184 Å². The summed E-state index contributed by atoms with van der Waals surface area (Å²) in [5, 5.41) is 9.53. The van der Waals surface area contributed by atoms with Crippen molar-refractivity contribution in [1.29, 1.82) is 5.26 Å². The Balaban J connectivity index is 1.67. The second kappa shape index (κ2) is 10.3. The lowest BCUT2D eigenvalue weighted by Gasteiger charge is -2.23. The summed E-state index contributed by atoms with van der Waals surface area (Å²) >= 11 is 0. The minimum Gasteiger partial charge on any atom is -0.489 e. The van der Waals surface area contributed by atoms with Crippen LogP contribution in [0.4, 0.5) is 11.8 Å². The molecule has 2 aromatic rings. The number of carbonyl (C=O) groups is 1. The van der Waals surface area contributed by atoms with Crippen LogP contribution in [0.15, 0.2) is 30.5 Å². The Morgan fingerprint density at radius 1 is 1.32 bits per heavy atom. The van der Waals surface area contributed by atoms with E-state index in [9.17, 15) is 10.1 Å². The third kappa shape index (κ3) is 5.52. The van der Waals surface area contributed by atoms with Gasteiger partial charge in [-0.15, -0.1) is 0 Å². The second-order valence-corrected chi connectivity index (χ2v) is 8.04. The number of hydrogen-bond acceptors (Lipinski definition) is 7. The Bertz CT molecular complexity index is 934. The molecule has 1 fully saturated rings. The fourth-order valence-corrected chi connectivity index (χ4v) is 3.98. The van der Waals surface area contributed by atoms with E-state index in [1.807, 2.05) is 24.3 Å². The van der Waals surface area contributed by atoms with Crippen LogP contribution in [-0.4, -0.2) is 48.0 Å². The van der Waals surface area contributed by atoms with E-state index in [0.717, 1.165) is 37.4 Å². The smallest absolute Gasteiger partial charge is 0.227 e. The van der Waals surface area contributed by atoms with Crippen LogP contribution >= 0.6 is 0 Å². The van der Waals surface area contributed by atoms with Gasteiger partial charge in [0.05, 0.1) is 12.7 Å². The van der Waals surface area contributed by atoms with Crippen molar-refractivity contribution in [3.8, 4) is 11.8 Å². The van der Waals surface area contributed by atoms with E-state index >= 15 is 0 Å². The van der Waals surface area contributed by atoms with Gasteiger partial charge in [0.1, 0.15) is 29.3 Å². The van der Waals surface area contributed by atoms with E-state index in [-0.39, 0.29) is 17.8 Å². The molecule has 0 bridgehead atoms. The minimum absolute atomic E-state index is 0.0268. The molecule has 1 aromatic carbocycles. The number of carbonyl (C=O) groups excluding carboxylic acids is 1. The van der Waals surface area contributed by atoms with E-state index < -0.39 is 0 Å². The number of anilines is 2. The van der Waals surface area contributed by atoms with Gasteiger partial charge in [-0.25, -0.2) is 4.98 Å². The van der Waals surface area contributed by atoms with Gasteiger partial charge in [0.2, 0.25) is 5.95 Å². The lowest BCUT2D eigenvalue weighted by molar-refractivity contribution is -0.117. The molecule has 3 rings (SSSR count). The number of hydrogen-bond donors (Lipinski definition) is 0. The van der Waals surface area contributed by atoms with Gasteiger partial charge in [-0.3, -0.25) is 0 Å². The summed E-state index contributed by atoms with van der Waals surface area (Å²) in [4.78, 5) is 24.6. The highest BCUT2D eigenvalue weighted by molar-refractivity contribution is 5.76. The third-order valence-electron chi connectivity index (χ3n) is 5.71. The predicted molar refractivity (Wildman–Crippen MR) is 122 cm³/mol. The topological polar surface area (TPSA) is 82.4 Å². The number of rotatable bonds is 9. The summed E-state index contributed by atoms with van der Waals surface area (Å²) in [5.41, 5.74) is 1.62. The molecule has 1 aromatic heterocycles. The average molecular weight is 422 g/mol. The molecule has 0 N–H and O–H groups in total. The van der Waals surface area contributed by atoms with Crippen LogP contribution in [0.2, 0.25) is 0 Å². The lowest BCUT2D eigenvalue weighted by Crippen LogP contribution is -2.28. The molecule has 0 aliphatic carbocycles. The molecular formula is C24H31N5O2. The van der Waals surface area contributed by atoms with Gasteiger partial charge in [0.15, 0.2) is 5.82 Å². The predicted octanol–water partition coefficient (Wildman–Crippen LogP) is 3.93. The van der Waals surface area contributed by atoms with E-state index in [4.69, 9.17) is 9.72 Å². The van der Waals surface area contributed by atoms with Gasteiger partial charge in [-0.1, -0.05) is 19.1 Å². The number of Topliss-reactive ketones (excluding diaryl/α,β-unsaturated/α-hetero) is 1. The quantitative estimate of drug-likeness (QED) is 0.606. The van der Waals surface area contributed by atoms with E-state index in [0.29, 0.717) is 30.3 Å². The summed E-state index contributed by atoms with van der Waals surface area (Å²) < 4.78 is 6.19. The summed E-state index contributed by atoms with van der Waals surface area (Å²) in [7, 11) is 0. The van der Waals surface area contributed by atoms with Crippen LogP contribution in [0.25, 0.3) is 0 Å². The number of nitriles is 1. The van der Waals surface area contributed by atoms with Crippen molar-refractivity contribution < 1.29 is 9.53 Å². The first kappa shape index (κ1) is 22.5. The molecular weight excluding hydrogens is 390 g/mol. The molecule has 0 unspecified atom stereocenters. The van der Waals surface area contributed by atoms with Crippen molar-refractivity contribution in [3.05, 3.63) is 41.6 Å². The highest BCUT2D eigenvalue weighted by atomic mass is 16.5. The number of nitrogens with zero attached hydrogens (tertiary/aromatic N) is 5. The molecule has 31 heavy (non-hydrogen) atoms. The van der Waals surface area contributed by atoms with E-state index in [1.165, 1.54) is 0 Å². The van der Waals surface area contributed by atoms with Gasteiger partial charge in [0.25, 0.3) is 0 Å². The van der Waals surface area contributed by atoms with Crippen LogP contribution < -0.4 is 14.5 Å². The molecule has 0 radical (unpaired) electrons. The highest BCUT2D eigenvalue weighted by Crippen LogP contribution is 2.27. The third-order valence-corrected chi connectivity index (χ3v) is 5.71. The maximum Gasteiger partial charge on any atom is 0.227 e. The molecule has 1 saturated heterocycles. The molecule has 0 saturated carbocycles. The first-order valence-corrected chi connectivity index (χ1v) is 11.0. The van der Waals surface area contributed by atoms with Gasteiger partial charge >= 0.3 is 0 Å². The van der Waals surface area contributed by atoms with Crippen molar-refractivity contribution >= 4 is 17.5 Å². The molecule has 1 aliphatic heterocycles. The van der Waals surface area contributed by atoms with Crippen molar-refractivity contribution in [1.82, 2.24) is 9.97 Å². The molecule has 0 spiro atoms. The van der Waals surface area contributed by atoms with Gasteiger partial charge in [-0.05, 0) is 44.4 Å².